The topological polar surface area (TPSA) is 35.3 Å². The zero-order valence-electron chi connectivity index (χ0n) is 8.24. The van der Waals surface area contributed by atoms with Crippen LogP contribution < -0.4 is 4.74 Å². The van der Waals surface area contributed by atoms with Crippen molar-refractivity contribution in [3.63, 3.8) is 0 Å². The van der Waals surface area contributed by atoms with Gasteiger partial charge in [-0.3, -0.25) is 0 Å². The molecule has 0 aliphatic heterocycles. The molecule has 1 aromatic heterocycles. The second-order valence-corrected chi connectivity index (χ2v) is 3.32. The zero-order valence-corrected chi connectivity index (χ0v) is 8.99. The number of nitrogens with zero attached hydrogens (tertiary/aromatic N) is 1. The maximum absolute atomic E-state index is 5.67. The number of ether oxygens (including phenoxy) is 1. The maximum Gasteiger partial charge on any atom is 0.226 e. The fraction of sp³-hybridized carbons (Fsp3) is 0.182. The van der Waals surface area contributed by atoms with E-state index in [1.807, 2.05) is 31.2 Å². The van der Waals surface area contributed by atoms with Crippen LogP contribution in [0.15, 0.2) is 34.9 Å². The van der Waals surface area contributed by atoms with Crippen molar-refractivity contribution in [3.8, 4) is 17.0 Å². The van der Waals surface area contributed by atoms with Gasteiger partial charge in [0.25, 0.3) is 0 Å². The van der Waals surface area contributed by atoms with Crippen molar-refractivity contribution in [3.05, 3.63) is 35.6 Å². The average Bonchev–Trinajstić information content (AvgIpc) is 2.66. The van der Waals surface area contributed by atoms with Gasteiger partial charge in [-0.05, 0) is 30.7 Å². The molecule has 1 heterocycles. The third-order valence-electron chi connectivity index (χ3n) is 1.94. The highest BCUT2D eigenvalue weighted by molar-refractivity contribution is 6.29. The highest BCUT2D eigenvalue weighted by atomic mass is 35.5. The quantitative estimate of drug-likeness (QED) is 0.800. The van der Waals surface area contributed by atoms with Gasteiger partial charge in [0.15, 0.2) is 0 Å². The molecule has 0 aliphatic carbocycles. The van der Waals surface area contributed by atoms with E-state index in [0.717, 1.165) is 11.3 Å². The van der Waals surface area contributed by atoms with Crippen LogP contribution in [0.25, 0.3) is 11.3 Å². The zero-order chi connectivity index (χ0) is 10.7. The third kappa shape index (κ3) is 2.13. The summed E-state index contributed by atoms with van der Waals surface area (Å²) in [6.07, 6.45) is 0. The number of halogens is 1. The molecule has 3 nitrogen and oxygen atoms in total. The Morgan fingerprint density at radius 1 is 1.40 bits per heavy atom. The molecular formula is C11H10ClNO2. The lowest BCUT2D eigenvalue weighted by Crippen LogP contribution is -1.93. The van der Waals surface area contributed by atoms with E-state index in [9.17, 15) is 0 Å². The Bertz CT molecular complexity index is 453. The Hall–Kier alpha value is -1.48. The molecule has 1 aromatic carbocycles. The van der Waals surface area contributed by atoms with Crippen LogP contribution in [0.3, 0.4) is 0 Å². The van der Waals surface area contributed by atoms with Gasteiger partial charge in [0, 0.05) is 11.6 Å². The van der Waals surface area contributed by atoms with E-state index in [0.29, 0.717) is 12.3 Å². The molecule has 4 heteroatoms. The molecule has 0 aliphatic rings. The molecule has 0 spiro atoms. The summed E-state index contributed by atoms with van der Waals surface area (Å²) in [5.41, 5.74) is 1.57. The van der Waals surface area contributed by atoms with Gasteiger partial charge in [-0.25, -0.2) is 0 Å². The summed E-state index contributed by atoms with van der Waals surface area (Å²) in [6.45, 7) is 2.55. The van der Waals surface area contributed by atoms with Gasteiger partial charge in [0.05, 0.1) is 6.61 Å². The summed E-state index contributed by atoms with van der Waals surface area (Å²) >= 11 is 5.67. The van der Waals surface area contributed by atoms with Crippen LogP contribution in [0.2, 0.25) is 5.22 Å². The lowest BCUT2D eigenvalue weighted by atomic mass is 10.1. The number of benzene rings is 1. The maximum atomic E-state index is 5.67. The molecule has 0 saturated heterocycles. The van der Waals surface area contributed by atoms with Crippen molar-refractivity contribution in [2.24, 2.45) is 0 Å². The highest BCUT2D eigenvalue weighted by Crippen LogP contribution is 2.30. The molecule has 0 radical (unpaired) electrons. The van der Waals surface area contributed by atoms with Gasteiger partial charge in [-0.1, -0.05) is 17.3 Å². The van der Waals surface area contributed by atoms with Crippen LogP contribution in [0.4, 0.5) is 0 Å². The highest BCUT2D eigenvalue weighted by Gasteiger charge is 2.09. The Labute approximate surface area is 92.6 Å². The Kier molecular flexibility index (Phi) is 2.92. The molecule has 78 valence electrons. The molecular weight excluding hydrogens is 214 g/mol. The van der Waals surface area contributed by atoms with E-state index in [2.05, 4.69) is 5.16 Å². The summed E-state index contributed by atoms with van der Waals surface area (Å²) in [4.78, 5) is 0. The van der Waals surface area contributed by atoms with Crippen molar-refractivity contribution in [2.75, 3.05) is 6.61 Å². The molecule has 2 rings (SSSR count). The van der Waals surface area contributed by atoms with E-state index in [-0.39, 0.29) is 5.22 Å². The van der Waals surface area contributed by atoms with Crippen molar-refractivity contribution >= 4 is 11.6 Å². The lowest BCUT2D eigenvalue weighted by Gasteiger charge is -2.06. The molecule has 2 aromatic rings. The average molecular weight is 224 g/mol. The third-order valence-corrected chi connectivity index (χ3v) is 2.12. The summed E-state index contributed by atoms with van der Waals surface area (Å²) < 4.78 is 10.3. The van der Waals surface area contributed by atoms with E-state index in [4.69, 9.17) is 20.9 Å². The predicted octanol–water partition coefficient (Wildman–Crippen LogP) is 3.39. The smallest absolute Gasteiger partial charge is 0.226 e. The minimum absolute atomic E-state index is 0.274. The predicted molar refractivity (Wildman–Crippen MR) is 58.1 cm³/mol. The number of rotatable bonds is 3. The number of hydrogen-bond donors (Lipinski definition) is 0. The van der Waals surface area contributed by atoms with Crippen molar-refractivity contribution < 1.29 is 9.26 Å². The van der Waals surface area contributed by atoms with E-state index >= 15 is 0 Å². The van der Waals surface area contributed by atoms with Crippen LogP contribution >= 0.6 is 11.6 Å². The number of aromatic nitrogens is 1. The Balaban J connectivity index is 2.42. The van der Waals surface area contributed by atoms with E-state index < -0.39 is 0 Å². The van der Waals surface area contributed by atoms with Gasteiger partial charge in [-0.15, -0.1) is 0 Å². The lowest BCUT2D eigenvalue weighted by molar-refractivity contribution is 0.341. The molecule has 15 heavy (non-hydrogen) atoms. The van der Waals surface area contributed by atoms with E-state index in [1.165, 1.54) is 0 Å². The molecule has 0 unspecified atom stereocenters. The molecule has 0 saturated carbocycles. The first-order valence-electron chi connectivity index (χ1n) is 4.65. The van der Waals surface area contributed by atoms with Crippen molar-refractivity contribution in [2.45, 2.75) is 6.92 Å². The first-order chi connectivity index (χ1) is 7.31. The second kappa shape index (κ2) is 4.36. The summed E-state index contributed by atoms with van der Waals surface area (Å²) in [7, 11) is 0. The van der Waals surface area contributed by atoms with Gasteiger partial charge in [0.2, 0.25) is 5.22 Å². The largest absolute Gasteiger partial charge is 0.493 e. The normalized spacial score (nSPS) is 10.3. The molecule has 0 amide bonds. The number of hydrogen-bond acceptors (Lipinski definition) is 3. The van der Waals surface area contributed by atoms with Crippen LogP contribution in [0.5, 0.6) is 5.75 Å². The molecule has 0 bridgehead atoms. The van der Waals surface area contributed by atoms with Gasteiger partial charge in [-0.2, -0.15) is 0 Å². The van der Waals surface area contributed by atoms with Gasteiger partial charge in [0.1, 0.15) is 11.4 Å². The van der Waals surface area contributed by atoms with Crippen LogP contribution in [0, 0.1) is 0 Å². The van der Waals surface area contributed by atoms with Crippen LogP contribution in [-0.4, -0.2) is 11.8 Å². The second-order valence-electron chi connectivity index (χ2n) is 2.95. The van der Waals surface area contributed by atoms with Gasteiger partial charge < -0.3 is 9.26 Å². The molecule has 0 atom stereocenters. The fourth-order valence-corrected chi connectivity index (χ4v) is 1.48. The van der Waals surface area contributed by atoms with Crippen molar-refractivity contribution in [1.29, 1.82) is 0 Å². The SMILES string of the molecule is CCOc1ccccc1-c1cc(Cl)on1. The summed E-state index contributed by atoms with van der Waals surface area (Å²) in [5, 5.41) is 4.12. The standard InChI is InChI=1S/C11H10ClNO2/c1-2-14-10-6-4-3-5-8(10)9-7-11(12)15-13-9/h3-7H,2H2,1H3. The van der Waals surface area contributed by atoms with Crippen LogP contribution in [0.1, 0.15) is 6.92 Å². The summed E-state index contributed by atoms with van der Waals surface area (Å²) in [5.74, 6) is 0.782. The monoisotopic (exact) mass is 223 g/mol. The Morgan fingerprint density at radius 3 is 2.87 bits per heavy atom. The van der Waals surface area contributed by atoms with Crippen molar-refractivity contribution in [1.82, 2.24) is 5.16 Å². The first-order valence-corrected chi connectivity index (χ1v) is 5.03. The summed E-state index contributed by atoms with van der Waals surface area (Å²) in [6, 6.07) is 9.30. The Morgan fingerprint density at radius 2 is 2.20 bits per heavy atom. The number of para-hydroxylation sites is 1. The minimum Gasteiger partial charge on any atom is -0.493 e. The molecule has 0 fully saturated rings. The fourth-order valence-electron chi connectivity index (χ4n) is 1.34. The van der Waals surface area contributed by atoms with Gasteiger partial charge >= 0.3 is 0 Å². The first kappa shape index (κ1) is 10.1. The van der Waals surface area contributed by atoms with Crippen LogP contribution in [-0.2, 0) is 0 Å². The minimum atomic E-state index is 0.274. The van der Waals surface area contributed by atoms with E-state index in [1.54, 1.807) is 6.07 Å². The molecule has 0 N–H and O–H groups in total.